The highest BCUT2D eigenvalue weighted by Gasteiger charge is 2.20. The zero-order valence-electron chi connectivity index (χ0n) is 15.8. The smallest absolute Gasteiger partial charge is 0.305 e. The van der Waals surface area contributed by atoms with Gasteiger partial charge in [0.2, 0.25) is 5.91 Å². The fraction of sp³-hybridized carbons (Fsp3) is 0.333. The maximum Gasteiger partial charge on any atom is 0.305 e. The summed E-state index contributed by atoms with van der Waals surface area (Å²) in [5, 5.41) is 12.1. The van der Waals surface area contributed by atoms with Gasteiger partial charge in [0.1, 0.15) is 0 Å². The maximum atomic E-state index is 12.5. The van der Waals surface area contributed by atoms with E-state index in [9.17, 15) is 14.7 Å². The topological polar surface area (TPSA) is 84.9 Å². The van der Waals surface area contributed by atoms with Crippen molar-refractivity contribution in [1.29, 1.82) is 0 Å². The number of carboxylic acid groups (broad SMARTS) is 1. The van der Waals surface area contributed by atoms with E-state index >= 15 is 0 Å². The Hall–Kier alpha value is -3.02. The van der Waals surface area contributed by atoms with Gasteiger partial charge in [0.15, 0.2) is 11.5 Å². The van der Waals surface area contributed by atoms with Crippen LogP contribution in [-0.2, 0) is 22.4 Å². The number of aryl methyl sites for hydroxylation is 1. The molecule has 2 aromatic rings. The fourth-order valence-electron chi connectivity index (χ4n) is 2.89. The summed E-state index contributed by atoms with van der Waals surface area (Å²) in [5.41, 5.74) is 2.70. The Morgan fingerprint density at radius 3 is 2.37 bits per heavy atom. The predicted octanol–water partition coefficient (Wildman–Crippen LogP) is 3.14. The largest absolute Gasteiger partial charge is 0.493 e. The number of amides is 1. The Morgan fingerprint density at radius 2 is 1.74 bits per heavy atom. The molecule has 0 heterocycles. The van der Waals surface area contributed by atoms with Crippen LogP contribution < -0.4 is 14.8 Å². The first-order valence-electron chi connectivity index (χ1n) is 8.77. The third kappa shape index (κ3) is 5.74. The van der Waals surface area contributed by atoms with Crippen LogP contribution in [0.5, 0.6) is 11.5 Å². The average molecular weight is 371 g/mol. The van der Waals surface area contributed by atoms with Crippen molar-refractivity contribution in [3.63, 3.8) is 0 Å². The number of hydrogen-bond donors (Lipinski definition) is 2. The molecule has 0 spiro atoms. The van der Waals surface area contributed by atoms with Gasteiger partial charge in [-0.05, 0) is 35.2 Å². The summed E-state index contributed by atoms with van der Waals surface area (Å²) in [7, 11) is 3.03. The van der Waals surface area contributed by atoms with Crippen molar-refractivity contribution in [1.82, 2.24) is 5.32 Å². The van der Waals surface area contributed by atoms with Crippen LogP contribution in [0.15, 0.2) is 42.5 Å². The molecule has 2 rings (SSSR count). The second-order valence-corrected chi connectivity index (χ2v) is 6.18. The van der Waals surface area contributed by atoms with Gasteiger partial charge in [-0.2, -0.15) is 0 Å². The number of ether oxygens (including phenoxy) is 2. The van der Waals surface area contributed by atoms with Crippen LogP contribution in [0.2, 0.25) is 0 Å². The minimum absolute atomic E-state index is 0.192. The minimum Gasteiger partial charge on any atom is -0.493 e. The fourth-order valence-corrected chi connectivity index (χ4v) is 2.89. The van der Waals surface area contributed by atoms with Crippen LogP contribution in [0.4, 0.5) is 0 Å². The Labute approximate surface area is 159 Å². The molecule has 144 valence electrons. The molecule has 0 aromatic heterocycles. The van der Waals surface area contributed by atoms with E-state index in [0.717, 1.165) is 17.5 Å². The van der Waals surface area contributed by atoms with Crippen molar-refractivity contribution in [3.8, 4) is 11.5 Å². The highest BCUT2D eigenvalue weighted by molar-refractivity contribution is 5.80. The van der Waals surface area contributed by atoms with E-state index in [1.54, 1.807) is 18.2 Å². The number of carboxylic acids is 1. The van der Waals surface area contributed by atoms with Crippen molar-refractivity contribution in [2.75, 3.05) is 14.2 Å². The molecule has 6 nitrogen and oxygen atoms in total. The maximum absolute atomic E-state index is 12.5. The molecule has 0 bridgehead atoms. The third-order valence-electron chi connectivity index (χ3n) is 4.29. The standard InChI is InChI=1S/C21H25NO5/c1-4-14-6-5-7-15(10-14)11-20(23)22-17(13-21(24)25)16-8-9-18(26-2)19(12-16)27-3/h5-10,12,17H,4,11,13H2,1-3H3,(H,22,23)(H,24,25). The number of hydrogen-bond acceptors (Lipinski definition) is 4. The van der Waals surface area contributed by atoms with Crippen molar-refractivity contribution in [2.45, 2.75) is 32.2 Å². The van der Waals surface area contributed by atoms with Crippen molar-refractivity contribution in [3.05, 3.63) is 59.2 Å². The predicted molar refractivity (Wildman–Crippen MR) is 102 cm³/mol. The van der Waals surface area contributed by atoms with Crippen LogP contribution in [0.1, 0.15) is 36.1 Å². The summed E-state index contributed by atoms with van der Waals surface area (Å²) < 4.78 is 10.5. The second-order valence-electron chi connectivity index (χ2n) is 6.18. The van der Waals surface area contributed by atoms with Gasteiger partial charge in [-0.1, -0.05) is 37.3 Å². The number of nitrogens with one attached hydrogen (secondary N) is 1. The summed E-state index contributed by atoms with van der Waals surface area (Å²) in [5.74, 6) is -0.208. The van der Waals surface area contributed by atoms with Crippen LogP contribution in [0.3, 0.4) is 0 Å². The lowest BCUT2D eigenvalue weighted by Crippen LogP contribution is -2.31. The van der Waals surface area contributed by atoms with Crippen LogP contribution in [-0.4, -0.2) is 31.2 Å². The zero-order valence-corrected chi connectivity index (χ0v) is 15.8. The normalized spacial score (nSPS) is 11.5. The van der Waals surface area contributed by atoms with E-state index in [4.69, 9.17) is 9.47 Å². The number of aliphatic carboxylic acids is 1. The lowest BCUT2D eigenvalue weighted by atomic mass is 10.0. The molecule has 2 aromatic carbocycles. The number of carbonyl (C=O) groups excluding carboxylic acids is 1. The molecule has 2 N–H and O–H groups in total. The summed E-state index contributed by atoms with van der Waals surface area (Å²) in [6, 6.07) is 12.3. The molecular weight excluding hydrogens is 346 g/mol. The summed E-state index contributed by atoms with van der Waals surface area (Å²) >= 11 is 0. The van der Waals surface area contributed by atoms with E-state index in [1.807, 2.05) is 24.3 Å². The summed E-state index contributed by atoms with van der Waals surface area (Å²) in [4.78, 5) is 23.8. The molecule has 0 aliphatic rings. The van der Waals surface area contributed by atoms with Crippen molar-refractivity contribution in [2.24, 2.45) is 0 Å². The van der Waals surface area contributed by atoms with Crippen LogP contribution in [0.25, 0.3) is 0 Å². The van der Waals surface area contributed by atoms with E-state index in [1.165, 1.54) is 14.2 Å². The van der Waals surface area contributed by atoms with E-state index in [-0.39, 0.29) is 18.7 Å². The van der Waals surface area contributed by atoms with Crippen LogP contribution in [0, 0.1) is 0 Å². The lowest BCUT2D eigenvalue weighted by molar-refractivity contribution is -0.137. The van der Waals surface area contributed by atoms with E-state index < -0.39 is 12.0 Å². The number of rotatable bonds is 9. The molecular formula is C21H25NO5. The molecule has 1 amide bonds. The monoisotopic (exact) mass is 371 g/mol. The lowest BCUT2D eigenvalue weighted by Gasteiger charge is -2.19. The Balaban J connectivity index is 2.18. The van der Waals surface area contributed by atoms with E-state index in [2.05, 4.69) is 12.2 Å². The highest BCUT2D eigenvalue weighted by Crippen LogP contribution is 2.31. The van der Waals surface area contributed by atoms with Gasteiger partial charge in [0.05, 0.1) is 33.1 Å². The SMILES string of the molecule is CCc1cccc(CC(=O)NC(CC(=O)O)c2ccc(OC)c(OC)c2)c1. The molecule has 1 unspecified atom stereocenters. The quantitative estimate of drug-likeness (QED) is 0.707. The molecule has 27 heavy (non-hydrogen) atoms. The van der Waals surface area contributed by atoms with Gasteiger partial charge in [-0.25, -0.2) is 0 Å². The molecule has 0 aliphatic carbocycles. The summed E-state index contributed by atoms with van der Waals surface area (Å²) in [6.45, 7) is 2.05. The molecule has 1 atom stereocenters. The van der Waals surface area contributed by atoms with Gasteiger partial charge in [0.25, 0.3) is 0 Å². The van der Waals surface area contributed by atoms with Gasteiger partial charge >= 0.3 is 5.97 Å². The first-order chi connectivity index (χ1) is 13.0. The first-order valence-corrected chi connectivity index (χ1v) is 8.77. The van der Waals surface area contributed by atoms with Gasteiger partial charge in [-0.3, -0.25) is 9.59 Å². The second kappa shape index (κ2) is 9.62. The van der Waals surface area contributed by atoms with Crippen molar-refractivity contribution >= 4 is 11.9 Å². The van der Waals surface area contributed by atoms with Gasteiger partial charge in [0, 0.05) is 0 Å². The molecule has 0 fully saturated rings. The molecule has 0 radical (unpaired) electrons. The molecule has 0 saturated carbocycles. The number of methoxy groups -OCH3 is 2. The van der Waals surface area contributed by atoms with Gasteiger partial charge < -0.3 is 19.9 Å². The average Bonchev–Trinajstić information content (AvgIpc) is 2.66. The molecule has 6 heteroatoms. The highest BCUT2D eigenvalue weighted by atomic mass is 16.5. The molecule has 0 aliphatic heterocycles. The summed E-state index contributed by atoms with van der Waals surface area (Å²) in [6.07, 6.45) is 0.857. The number of benzene rings is 2. The van der Waals surface area contributed by atoms with E-state index in [0.29, 0.717) is 17.1 Å². The third-order valence-corrected chi connectivity index (χ3v) is 4.29. The molecule has 0 saturated heterocycles. The Bertz CT molecular complexity index is 803. The first kappa shape index (κ1) is 20.3. The Morgan fingerprint density at radius 1 is 1.04 bits per heavy atom. The van der Waals surface area contributed by atoms with Crippen molar-refractivity contribution < 1.29 is 24.2 Å². The minimum atomic E-state index is -0.997. The number of carbonyl (C=O) groups is 2. The Kier molecular flexibility index (Phi) is 7.23. The zero-order chi connectivity index (χ0) is 19.8. The van der Waals surface area contributed by atoms with Gasteiger partial charge in [-0.15, -0.1) is 0 Å². The van der Waals surface area contributed by atoms with Crippen LogP contribution >= 0.6 is 0 Å².